The summed E-state index contributed by atoms with van der Waals surface area (Å²) in [6.07, 6.45) is 4.83. The summed E-state index contributed by atoms with van der Waals surface area (Å²) in [6, 6.07) is 0.346. The smallest absolute Gasteiger partial charge is 0.237 e. The highest BCUT2D eigenvalue weighted by molar-refractivity contribution is 5.81. The average Bonchev–Trinajstić information content (AvgIpc) is 2.74. The zero-order valence-electron chi connectivity index (χ0n) is 13.2. The van der Waals surface area contributed by atoms with Crippen molar-refractivity contribution in [2.45, 2.75) is 72.4 Å². The van der Waals surface area contributed by atoms with Crippen molar-refractivity contribution in [3.05, 3.63) is 0 Å². The van der Waals surface area contributed by atoms with Gasteiger partial charge in [-0.1, -0.05) is 40.5 Å². The SMILES string of the molecule is CC(NCC1C(C)(C)C1(C)C)C(=O)NC1CCCC1. The van der Waals surface area contributed by atoms with E-state index >= 15 is 0 Å². The van der Waals surface area contributed by atoms with Crippen molar-refractivity contribution < 1.29 is 4.79 Å². The molecule has 2 aliphatic rings. The van der Waals surface area contributed by atoms with E-state index in [1.54, 1.807) is 0 Å². The summed E-state index contributed by atoms with van der Waals surface area (Å²) in [6.45, 7) is 12.2. The van der Waals surface area contributed by atoms with E-state index < -0.39 is 0 Å². The third kappa shape index (κ3) is 2.81. The minimum Gasteiger partial charge on any atom is -0.352 e. The van der Waals surface area contributed by atoms with Gasteiger partial charge >= 0.3 is 0 Å². The van der Waals surface area contributed by atoms with Gasteiger partial charge in [0, 0.05) is 6.04 Å². The van der Waals surface area contributed by atoms with E-state index in [1.807, 2.05) is 6.92 Å². The maximum Gasteiger partial charge on any atom is 0.237 e. The van der Waals surface area contributed by atoms with Crippen molar-refractivity contribution in [3.8, 4) is 0 Å². The number of nitrogens with one attached hydrogen (secondary N) is 2. The van der Waals surface area contributed by atoms with Crippen LogP contribution in [-0.2, 0) is 4.79 Å². The van der Waals surface area contributed by atoms with Gasteiger partial charge in [-0.15, -0.1) is 0 Å². The van der Waals surface area contributed by atoms with Crippen LogP contribution in [0.1, 0.15) is 60.3 Å². The Labute approximate surface area is 117 Å². The van der Waals surface area contributed by atoms with Gasteiger partial charge in [0.15, 0.2) is 0 Å². The maximum atomic E-state index is 12.1. The molecule has 0 heterocycles. The molecule has 0 bridgehead atoms. The number of rotatable bonds is 5. The molecule has 19 heavy (non-hydrogen) atoms. The van der Waals surface area contributed by atoms with Crippen molar-refractivity contribution in [1.82, 2.24) is 10.6 Å². The summed E-state index contributed by atoms with van der Waals surface area (Å²) in [5.74, 6) is 0.838. The normalized spacial score (nSPS) is 27.2. The van der Waals surface area contributed by atoms with Gasteiger partial charge in [-0.25, -0.2) is 0 Å². The number of carbonyl (C=O) groups excluding carboxylic acids is 1. The molecule has 0 aliphatic heterocycles. The topological polar surface area (TPSA) is 41.1 Å². The summed E-state index contributed by atoms with van der Waals surface area (Å²) in [5, 5.41) is 6.58. The van der Waals surface area contributed by atoms with Crippen molar-refractivity contribution in [2.24, 2.45) is 16.7 Å². The van der Waals surface area contributed by atoms with E-state index in [-0.39, 0.29) is 11.9 Å². The van der Waals surface area contributed by atoms with Crippen LogP contribution in [0.5, 0.6) is 0 Å². The van der Waals surface area contributed by atoms with E-state index in [0.717, 1.165) is 19.4 Å². The largest absolute Gasteiger partial charge is 0.352 e. The molecule has 2 rings (SSSR count). The van der Waals surface area contributed by atoms with E-state index in [0.29, 0.717) is 22.8 Å². The van der Waals surface area contributed by atoms with Crippen LogP contribution >= 0.6 is 0 Å². The number of amides is 1. The van der Waals surface area contributed by atoms with Crippen molar-refractivity contribution >= 4 is 5.91 Å². The third-order valence-corrected chi connectivity index (χ3v) is 6.04. The molecule has 0 aromatic heterocycles. The number of carbonyl (C=O) groups is 1. The Bertz CT molecular complexity index is 329. The van der Waals surface area contributed by atoms with Gasteiger partial charge in [-0.05, 0) is 43.1 Å². The van der Waals surface area contributed by atoms with Gasteiger partial charge in [0.05, 0.1) is 6.04 Å². The van der Waals surface area contributed by atoms with Crippen LogP contribution in [0.3, 0.4) is 0 Å². The van der Waals surface area contributed by atoms with Crippen molar-refractivity contribution in [2.75, 3.05) is 6.54 Å². The fourth-order valence-electron chi connectivity index (χ4n) is 3.63. The molecule has 1 amide bonds. The lowest BCUT2D eigenvalue weighted by Gasteiger charge is -2.18. The molecular formula is C16H30N2O. The predicted octanol–water partition coefficient (Wildman–Crippen LogP) is 2.71. The minimum atomic E-state index is -0.0761. The van der Waals surface area contributed by atoms with Gasteiger partial charge in [-0.2, -0.15) is 0 Å². The third-order valence-electron chi connectivity index (χ3n) is 6.04. The zero-order valence-corrected chi connectivity index (χ0v) is 13.2. The van der Waals surface area contributed by atoms with Crippen LogP contribution in [0.2, 0.25) is 0 Å². The highest BCUT2D eigenvalue weighted by Gasteiger charge is 2.63. The molecule has 2 fully saturated rings. The fraction of sp³-hybridized carbons (Fsp3) is 0.938. The Kier molecular flexibility index (Phi) is 3.97. The Morgan fingerprint density at radius 1 is 1.16 bits per heavy atom. The summed E-state index contributed by atoms with van der Waals surface area (Å²) in [4.78, 5) is 12.1. The highest BCUT2D eigenvalue weighted by Crippen LogP contribution is 2.67. The van der Waals surface area contributed by atoms with E-state index in [4.69, 9.17) is 0 Å². The second-order valence-electron chi connectivity index (χ2n) is 7.62. The van der Waals surface area contributed by atoms with Crippen LogP contribution in [-0.4, -0.2) is 24.5 Å². The standard InChI is InChI=1S/C16H30N2O/c1-11(14(19)18-12-8-6-7-9-12)17-10-13-15(2,3)16(13,4)5/h11-13,17H,6-10H2,1-5H3,(H,18,19). The zero-order chi connectivity index (χ0) is 14.3. The molecule has 0 aromatic carbocycles. The monoisotopic (exact) mass is 266 g/mol. The van der Waals surface area contributed by atoms with Gasteiger partial charge in [-0.3, -0.25) is 4.79 Å². The minimum absolute atomic E-state index is 0.0761. The molecular weight excluding hydrogens is 236 g/mol. The van der Waals surface area contributed by atoms with Crippen LogP contribution in [0.25, 0.3) is 0 Å². The Morgan fingerprint density at radius 2 is 1.68 bits per heavy atom. The van der Waals surface area contributed by atoms with Crippen LogP contribution in [0.4, 0.5) is 0 Å². The molecule has 0 aromatic rings. The van der Waals surface area contributed by atoms with E-state index in [2.05, 4.69) is 38.3 Å². The van der Waals surface area contributed by atoms with Gasteiger partial charge < -0.3 is 10.6 Å². The molecule has 3 nitrogen and oxygen atoms in total. The van der Waals surface area contributed by atoms with Crippen LogP contribution < -0.4 is 10.6 Å². The number of hydrogen-bond donors (Lipinski definition) is 2. The Morgan fingerprint density at radius 3 is 2.16 bits per heavy atom. The first-order valence-electron chi connectivity index (χ1n) is 7.80. The molecule has 0 radical (unpaired) electrons. The highest BCUT2D eigenvalue weighted by atomic mass is 16.2. The van der Waals surface area contributed by atoms with E-state index in [1.165, 1.54) is 12.8 Å². The molecule has 2 saturated carbocycles. The summed E-state index contributed by atoms with van der Waals surface area (Å²) in [7, 11) is 0. The van der Waals surface area contributed by atoms with Crippen LogP contribution in [0, 0.1) is 16.7 Å². The quantitative estimate of drug-likeness (QED) is 0.803. The molecule has 2 N–H and O–H groups in total. The fourth-order valence-corrected chi connectivity index (χ4v) is 3.63. The van der Waals surface area contributed by atoms with E-state index in [9.17, 15) is 4.79 Å². The van der Waals surface area contributed by atoms with Crippen molar-refractivity contribution in [3.63, 3.8) is 0 Å². The molecule has 1 atom stereocenters. The average molecular weight is 266 g/mol. The molecule has 3 heteroatoms. The molecule has 0 spiro atoms. The second-order valence-corrected chi connectivity index (χ2v) is 7.62. The summed E-state index contributed by atoms with van der Waals surface area (Å²) < 4.78 is 0. The molecule has 2 aliphatic carbocycles. The second kappa shape index (κ2) is 5.08. The van der Waals surface area contributed by atoms with Crippen molar-refractivity contribution in [1.29, 1.82) is 0 Å². The summed E-state index contributed by atoms with van der Waals surface area (Å²) in [5.41, 5.74) is 0.781. The lowest BCUT2D eigenvalue weighted by atomic mass is 10.0. The Hall–Kier alpha value is -0.570. The summed E-state index contributed by atoms with van der Waals surface area (Å²) >= 11 is 0. The lowest BCUT2D eigenvalue weighted by Crippen LogP contribution is -2.46. The van der Waals surface area contributed by atoms with Crippen LogP contribution in [0.15, 0.2) is 0 Å². The number of hydrogen-bond acceptors (Lipinski definition) is 2. The Balaban J connectivity index is 1.72. The van der Waals surface area contributed by atoms with Gasteiger partial charge in [0.1, 0.15) is 0 Å². The first-order valence-corrected chi connectivity index (χ1v) is 7.80. The molecule has 110 valence electrons. The molecule has 0 saturated heterocycles. The first kappa shape index (κ1) is 14.8. The lowest BCUT2D eigenvalue weighted by molar-refractivity contribution is -0.123. The van der Waals surface area contributed by atoms with Gasteiger partial charge in [0.25, 0.3) is 0 Å². The molecule has 1 unspecified atom stereocenters. The predicted molar refractivity (Wildman–Crippen MR) is 78.9 cm³/mol. The van der Waals surface area contributed by atoms with Gasteiger partial charge in [0.2, 0.25) is 5.91 Å². The first-order chi connectivity index (χ1) is 8.76. The maximum absolute atomic E-state index is 12.1.